The molecule has 0 aliphatic carbocycles. The van der Waals surface area contributed by atoms with E-state index >= 15 is 0 Å². The smallest absolute Gasteiger partial charge is 0.201 e. The number of H-pyrrole nitrogens is 1. The summed E-state index contributed by atoms with van der Waals surface area (Å²) in [5.74, 6) is 2.48. The lowest BCUT2D eigenvalue weighted by Gasteiger charge is -2.28. The van der Waals surface area contributed by atoms with Crippen LogP contribution in [0.25, 0.3) is 22.9 Å². The van der Waals surface area contributed by atoms with Crippen molar-refractivity contribution in [3.63, 3.8) is 0 Å². The molecule has 0 amide bonds. The molecule has 5 N–H and O–H groups in total. The highest BCUT2D eigenvalue weighted by Crippen LogP contribution is 2.29. The second kappa shape index (κ2) is 5.60. The van der Waals surface area contributed by atoms with Crippen molar-refractivity contribution in [3.05, 3.63) is 17.8 Å². The molecule has 3 aliphatic rings. The fraction of sp³-hybridized carbons (Fsp3) is 0.333. The van der Waals surface area contributed by atoms with Gasteiger partial charge in [0, 0.05) is 18.7 Å². The molecule has 0 atom stereocenters. The molecule has 124 valence electrons. The van der Waals surface area contributed by atoms with E-state index in [9.17, 15) is 0 Å². The number of imidazole rings is 1. The number of nitrogens with one attached hydrogen (secondary N) is 1. The summed E-state index contributed by atoms with van der Waals surface area (Å²) in [4.78, 5) is 22.7. The van der Waals surface area contributed by atoms with Gasteiger partial charge in [-0.05, 0) is 19.1 Å². The van der Waals surface area contributed by atoms with Gasteiger partial charge in [0.2, 0.25) is 5.95 Å². The highest BCUT2D eigenvalue weighted by molar-refractivity contribution is 5.73. The number of fused-ring (bicyclic) bond motifs is 1. The van der Waals surface area contributed by atoms with Crippen LogP contribution in [0.1, 0.15) is 5.69 Å². The summed E-state index contributed by atoms with van der Waals surface area (Å²) in [6.45, 7) is 5.09. The first-order valence-electron chi connectivity index (χ1n) is 7.71. The van der Waals surface area contributed by atoms with E-state index in [0.717, 1.165) is 43.4 Å². The van der Waals surface area contributed by atoms with E-state index in [4.69, 9.17) is 21.2 Å². The van der Waals surface area contributed by atoms with Gasteiger partial charge in [-0.25, -0.2) is 15.0 Å². The van der Waals surface area contributed by atoms with E-state index in [1.165, 1.54) is 0 Å². The van der Waals surface area contributed by atoms with E-state index < -0.39 is 0 Å². The minimum Gasteiger partial charge on any atom is -0.382 e. The van der Waals surface area contributed by atoms with Crippen LogP contribution in [0.15, 0.2) is 12.1 Å². The molecule has 4 rings (SSSR count). The summed E-state index contributed by atoms with van der Waals surface area (Å²) in [6, 6.07) is 3.96. The number of anilines is 3. The number of hydrogen-bond donors (Lipinski definition) is 3. The number of ether oxygens (including phenoxy) is 1. The minimum absolute atomic E-state index is 0.212. The Bertz CT molecular complexity index is 855. The number of morpholine rings is 1. The highest BCUT2D eigenvalue weighted by Gasteiger charge is 2.20. The van der Waals surface area contributed by atoms with E-state index in [0.29, 0.717) is 17.3 Å². The fourth-order valence-electron chi connectivity index (χ4n) is 2.81. The molecule has 1 fully saturated rings. The van der Waals surface area contributed by atoms with Crippen molar-refractivity contribution >= 4 is 17.6 Å². The molecule has 0 unspecified atom stereocenters. The number of aromatic nitrogens is 5. The zero-order valence-corrected chi connectivity index (χ0v) is 13.3. The molecule has 0 bridgehead atoms. The van der Waals surface area contributed by atoms with Gasteiger partial charge >= 0.3 is 0 Å². The van der Waals surface area contributed by atoms with Gasteiger partial charge < -0.3 is 26.1 Å². The zero-order chi connectivity index (χ0) is 16.7. The topological polar surface area (TPSA) is 132 Å². The van der Waals surface area contributed by atoms with Gasteiger partial charge in [-0.1, -0.05) is 0 Å². The number of nitrogens with two attached hydrogens (primary N) is 2. The van der Waals surface area contributed by atoms with Gasteiger partial charge in [-0.2, -0.15) is 4.98 Å². The molecular formula is C15H18N8O. The first kappa shape index (κ1) is 14.6. The van der Waals surface area contributed by atoms with Crippen LogP contribution in [0.3, 0.4) is 0 Å². The summed E-state index contributed by atoms with van der Waals surface area (Å²) >= 11 is 0. The van der Waals surface area contributed by atoms with Gasteiger partial charge in [0.15, 0.2) is 23.2 Å². The molecule has 1 saturated heterocycles. The maximum Gasteiger partial charge on any atom is 0.201 e. The molecule has 1 aromatic rings. The van der Waals surface area contributed by atoms with Gasteiger partial charge in [-0.15, -0.1) is 0 Å². The third kappa shape index (κ3) is 2.48. The predicted octanol–water partition coefficient (Wildman–Crippen LogP) is 0.676. The second-order valence-corrected chi connectivity index (χ2v) is 5.65. The van der Waals surface area contributed by atoms with E-state index in [1.807, 2.05) is 19.1 Å². The maximum atomic E-state index is 5.86. The quantitative estimate of drug-likeness (QED) is 0.626. The maximum absolute atomic E-state index is 5.86. The Morgan fingerprint density at radius 2 is 1.88 bits per heavy atom. The van der Waals surface area contributed by atoms with Crippen LogP contribution in [0.2, 0.25) is 0 Å². The summed E-state index contributed by atoms with van der Waals surface area (Å²) in [7, 11) is 0. The fourth-order valence-corrected chi connectivity index (χ4v) is 2.81. The Labute approximate surface area is 138 Å². The zero-order valence-electron chi connectivity index (χ0n) is 13.3. The van der Waals surface area contributed by atoms with Crippen molar-refractivity contribution in [2.75, 3.05) is 42.7 Å². The van der Waals surface area contributed by atoms with Crippen molar-refractivity contribution < 1.29 is 4.74 Å². The van der Waals surface area contributed by atoms with Crippen LogP contribution in [0.5, 0.6) is 0 Å². The second-order valence-electron chi connectivity index (χ2n) is 5.65. The van der Waals surface area contributed by atoms with E-state index in [1.54, 1.807) is 0 Å². The number of hydrogen-bond acceptors (Lipinski definition) is 8. The number of aryl methyl sites for hydroxylation is 1. The SMILES string of the molecule is Cc1nc(N2CCOCC2)ccc1-c1nc2[nH]c(N)nc(N)c-2n1. The molecule has 9 heteroatoms. The number of nitrogen functional groups attached to an aromatic ring is 2. The van der Waals surface area contributed by atoms with Crippen molar-refractivity contribution in [2.45, 2.75) is 6.92 Å². The predicted molar refractivity (Wildman–Crippen MR) is 90.6 cm³/mol. The molecule has 3 aliphatic heterocycles. The Balaban J connectivity index is 1.72. The third-order valence-corrected chi connectivity index (χ3v) is 4.04. The summed E-state index contributed by atoms with van der Waals surface area (Å²) in [5, 5.41) is 0. The van der Waals surface area contributed by atoms with Crippen LogP contribution in [-0.4, -0.2) is 51.2 Å². The van der Waals surface area contributed by atoms with E-state index in [2.05, 4.69) is 24.8 Å². The molecule has 0 aromatic carbocycles. The molecule has 4 heterocycles. The Hall–Kier alpha value is -2.94. The third-order valence-electron chi connectivity index (χ3n) is 4.04. The molecule has 24 heavy (non-hydrogen) atoms. The van der Waals surface area contributed by atoms with E-state index in [-0.39, 0.29) is 11.8 Å². The molecule has 1 aromatic heterocycles. The Kier molecular flexibility index (Phi) is 3.42. The Morgan fingerprint density at radius 3 is 2.62 bits per heavy atom. The number of pyridine rings is 1. The normalized spacial score (nSPS) is 15.1. The monoisotopic (exact) mass is 326 g/mol. The lowest BCUT2D eigenvalue weighted by Crippen LogP contribution is -2.36. The van der Waals surface area contributed by atoms with Gasteiger partial charge in [0.05, 0.1) is 18.9 Å². The molecule has 0 radical (unpaired) electrons. The molecular weight excluding hydrogens is 308 g/mol. The average Bonchev–Trinajstić information content (AvgIpc) is 2.99. The summed E-state index contributed by atoms with van der Waals surface area (Å²) < 4.78 is 5.38. The minimum atomic E-state index is 0.212. The first-order chi connectivity index (χ1) is 11.6. The summed E-state index contributed by atoms with van der Waals surface area (Å²) in [5.41, 5.74) is 13.7. The number of aromatic amines is 1. The number of nitrogens with zero attached hydrogens (tertiary/aromatic N) is 5. The van der Waals surface area contributed by atoms with Crippen LogP contribution in [0.4, 0.5) is 17.6 Å². The largest absolute Gasteiger partial charge is 0.382 e. The Morgan fingerprint density at radius 1 is 1.08 bits per heavy atom. The highest BCUT2D eigenvalue weighted by atomic mass is 16.5. The lowest BCUT2D eigenvalue weighted by molar-refractivity contribution is 0.122. The average molecular weight is 326 g/mol. The van der Waals surface area contributed by atoms with Crippen LogP contribution in [-0.2, 0) is 4.74 Å². The van der Waals surface area contributed by atoms with Crippen LogP contribution < -0.4 is 16.4 Å². The van der Waals surface area contributed by atoms with Crippen molar-refractivity contribution in [1.82, 2.24) is 24.9 Å². The van der Waals surface area contributed by atoms with Gasteiger partial charge in [0.25, 0.3) is 0 Å². The van der Waals surface area contributed by atoms with Crippen LogP contribution in [0, 0.1) is 6.92 Å². The number of rotatable bonds is 2. The van der Waals surface area contributed by atoms with Crippen molar-refractivity contribution in [2.24, 2.45) is 0 Å². The van der Waals surface area contributed by atoms with Crippen molar-refractivity contribution in [1.29, 1.82) is 0 Å². The van der Waals surface area contributed by atoms with Gasteiger partial charge in [-0.3, -0.25) is 0 Å². The van der Waals surface area contributed by atoms with Gasteiger partial charge in [0.1, 0.15) is 5.82 Å². The lowest BCUT2D eigenvalue weighted by atomic mass is 10.2. The van der Waals surface area contributed by atoms with Crippen molar-refractivity contribution in [3.8, 4) is 22.9 Å². The van der Waals surface area contributed by atoms with Crippen LogP contribution >= 0.6 is 0 Å². The molecule has 9 nitrogen and oxygen atoms in total. The summed E-state index contributed by atoms with van der Waals surface area (Å²) in [6.07, 6.45) is 0. The molecule has 0 saturated carbocycles. The standard InChI is InChI=1S/C15H18N8O/c1-8-9(2-3-10(18-8)23-4-6-24-7-5-23)13-19-11-12(16)20-15(17)22-14(11)21-13/h2-3H,4-7H2,1H3,(H5,16,17,19,20,21,22). The first-order valence-corrected chi connectivity index (χ1v) is 7.71. The molecule has 0 spiro atoms.